The normalized spacial score (nSPS) is 10.0. The van der Waals surface area contributed by atoms with Gasteiger partial charge in [-0.1, -0.05) is 6.07 Å². The highest BCUT2D eigenvalue weighted by Gasteiger charge is 2.04. The van der Waals surface area contributed by atoms with E-state index >= 15 is 0 Å². The van der Waals surface area contributed by atoms with Crippen LogP contribution < -0.4 is 5.56 Å². The van der Waals surface area contributed by atoms with E-state index in [4.69, 9.17) is 5.26 Å². The molecular weight excluding hydrogens is 164 g/mol. The van der Waals surface area contributed by atoms with Gasteiger partial charge in [-0.2, -0.15) is 5.26 Å². The minimum atomic E-state index is -0.0564. The van der Waals surface area contributed by atoms with Gasteiger partial charge in [-0.3, -0.25) is 4.79 Å². The molecule has 3 nitrogen and oxygen atoms in total. The van der Waals surface area contributed by atoms with Crippen molar-refractivity contribution >= 4 is 0 Å². The van der Waals surface area contributed by atoms with Crippen LogP contribution in [-0.4, -0.2) is 4.57 Å². The van der Waals surface area contributed by atoms with Gasteiger partial charge in [0.2, 0.25) is 0 Å². The number of hydrogen-bond acceptors (Lipinski definition) is 2. The van der Waals surface area contributed by atoms with E-state index in [2.05, 4.69) is 0 Å². The van der Waals surface area contributed by atoms with Gasteiger partial charge < -0.3 is 4.57 Å². The summed E-state index contributed by atoms with van der Waals surface area (Å²) in [5.41, 5.74) is 0.512. The second kappa shape index (κ2) is 3.90. The maximum absolute atomic E-state index is 11.6. The molecule has 0 saturated carbocycles. The van der Waals surface area contributed by atoms with Crippen molar-refractivity contribution in [3.63, 3.8) is 0 Å². The Balaban J connectivity index is 3.21. The topological polar surface area (TPSA) is 45.8 Å². The average molecular weight is 176 g/mol. The first kappa shape index (κ1) is 9.53. The Morgan fingerprint density at radius 1 is 1.62 bits per heavy atom. The smallest absolute Gasteiger partial charge is 0.255 e. The monoisotopic (exact) mass is 176 g/mol. The zero-order chi connectivity index (χ0) is 9.84. The van der Waals surface area contributed by atoms with Gasteiger partial charge in [0.25, 0.3) is 5.56 Å². The van der Waals surface area contributed by atoms with Crippen molar-refractivity contribution in [1.82, 2.24) is 4.57 Å². The first-order chi connectivity index (χ1) is 6.16. The Hall–Kier alpha value is -1.56. The lowest BCUT2D eigenvalue weighted by atomic mass is 10.2. The summed E-state index contributed by atoms with van der Waals surface area (Å²) in [4.78, 5) is 11.6. The molecule has 0 aliphatic carbocycles. The Morgan fingerprint density at radius 2 is 2.31 bits per heavy atom. The van der Waals surface area contributed by atoms with Crippen LogP contribution in [0.5, 0.6) is 0 Å². The summed E-state index contributed by atoms with van der Waals surface area (Å²) < 4.78 is 1.63. The van der Waals surface area contributed by atoms with Crippen LogP contribution >= 0.6 is 0 Å². The molecule has 0 N–H and O–H groups in total. The number of rotatable bonds is 2. The van der Waals surface area contributed by atoms with Crippen molar-refractivity contribution in [3.8, 4) is 6.07 Å². The first-order valence-electron chi connectivity index (χ1n) is 4.23. The van der Waals surface area contributed by atoms with Gasteiger partial charge >= 0.3 is 0 Å². The molecule has 68 valence electrons. The number of hydrogen-bond donors (Lipinski definition) is 0. The second-order valence-electron chi connectivity index (χ2n) is 3.17. The molecule has 0 amide bonds. The fourth-order valence-corrected chi connectivity index (χ4v) is 1.18. The summed E-state index contributed by atoms with van der Waals surface area (Å²) in [5, 5.41) is 8.48. The van der Waals surface area contributed by atoms with E-state index in [0.717, 1.165) is 0 Å². The summed E-state index contributed by atoms with van der Waals surface area (Å²) in [7, 11) is 0. The molecule has 0 unspecified atom stereocenters. The van der Waals surface area contributed by atoms with E-state index in [1.807, 2.05) is 19.9 Å². The molecule has 3 heteroatoms. The van der Waals surface area contributed by atoms with Gasteiger partial charge in [-0.25, -0.2) is 0 Å². The minimum absolute atomic E-state index is 0.0564. The first-order valence-corrected chi connectivity index (χ1v) is 4.23. The van der Waals surface area contributed by atoms with Crippen molar-refractivity contribution in [1.29, 1.82) is 5.26 Å². The SMILES string of the molecule is CC(C)n1cccc(CC#N)c1=O. The lowest BCUT2D eigenvalue weighted by Gasteiger charge is -2.09. The molecule has 1 aromatic rings. The molecule has 0 spiro atoms. The van der Waals surface area contributed by atoms with Gasteiger partial charge in [0.15, 0.2) is 0 Å². The maximum atomic E-state index is 11.6. The van der Waals surface area contributed by atoms with Crippen LogP contribution in [0.25, 0.3) is 0 Å². The van der Waals surface area contributed by atoms with Gasteiger partial charge in [0.1, 0.15) is 0 Å². The molecule has 1 aromatic heterocycles. The fourth-order valence-electron chi connectivity index (χ4n) is 1.18. The van der Waals surface area contributed by atoms with Gasteiger partial charge in [0, 0.05) is 17.8 Å². The summed E-state index contributed by atoms with van der Waals surface area (Å²) in [6, 6.07) is 5.62. The van der Waals surface area contributed by atoms with Crippen molar-refractivity contribution < 1.29 is 0 Å². The molecule has 13 heavy (non-hydrogen) atoms. The largest absolute Gasteiger partial charge is 0.313 e. The molecular formula is C10H12N2O. The highest BCUT2D eigenvalue weighted by atomic mass is 16.1. The summed E-state index contributed by atoms with van der Waals surface area (Å²) >= 11 is 0. The van der Waals surface area contributed by atoms with Crippen LogP contribution in [0, 0.1) is 11.3 Å². The number of pyridine rings is 1. The van der Waals surface area contributed by atoms with Crippen molar-refractivity contribution in [3.05, 3.63) is 34.2 Å². The standard InChI is InChI=1S/C10H12N2O/c1-8(2)12-7-3-4-9(5-6-11)10(12)13/h3-4,7-8H,5H2,1-2H3. The Labute approximate surface area is 77.2 Å². The zero-order valence-electron chi connectivity index (χ0n) is 7.82. The predicted octanol–water partition coefficient (Wildman–Crippen LogP) is 1.50. The lowest BCUT2D eigenvalue weighted by molar-refractivity contribution is 0.574. The van der Waals surface area contributed by atoms with Crippen LogP contribution in [0.1, 0.15) is 25.5 Å². The highest BCUT2D eigenvalue weighted by Crippen LogP contribution is 2.00. The summed E-state index contributed by atoms with van der Waals surface area (Å²) in [5.74, 6) is 0. The molecule has 0 saturated heterocycles. The van der Waals surface area contributed by atoms with E-state index < -0.39 is 0 Å². The third-order valence-corrected chi connectivity index (χ3v) is 1.88. The van der Waals surface area contributed by atoms with E-state index in [0.29, 0.717) is 5.56 Å². The number of nitriles is 1. The van der Waals surface area contributed by atoms with Crippen LogP contribution in [0.2, 0.25) is 0 Å². The minimum Gasteiger partial charge on any atom is -0.313 e. The molecule has 0 fully saturated rings. The van der Waals surface area contributed by atoms with E-state index in [9.17, 15) is 4.79 Å². The molecule has 0 aliphatic rings. The van der Waals surface area contributed by atoms with Crippen LogP contribution in [0.3, 0.4) is 0 Å². The molecule has 0 radical (unpaired) electrons. The Kier molecular flexibility index (Phi) is 2.86. The van der Waals surface area contributed by atoms with E-state index in [-0.39, 0.29) is 18.0 Å². The Morgan fingerprint density at radius 3 is 2.85 bits per heavy atom. The molecule has 0 aliphatic heterocycles. The third-order valence-electron chi connectivity index (χ3n) is 1.88. The van der Waals surface area contributed by atoms with Gasteiger partial charge in [-0.15, -0.1) is 0 Å². The second-order valence-corrected chi connectivity index (χ2v) is 3.17. The van der Waals surface area contributed by atoms with Crippen molar-refractivity contribution in [2.45, 2.75) is 26.3 Å². The molecule has 0 bridgehead atoms. The summed E-state index contributed by atoms with van der Waals surface area (Å²) in [6.45, 7) is 3.88. The quantitative estimate of drug-likeness (QED) is 0.685. The molecule has 0 atom stereocenters. The fraction of sp³-hybridized carbons (Fsp3) is 0.400. The lowest BCUT2D eigenvalue weighted by Crippen LogP contribution is -2.24. The van der Waals surface area contributed by atoms with Crippen LogP contribution in [-0.2, 0) is 6.42 Å². The molecule has 0 aromatic carbocycles. The third kappa shape index (κ3) is 1.97. The zero-order valence-corrected chi connectivity index (χ0v) is 7.82. The molecule has 1 heterocycles. The van der Waals surface area contributed by atoms with Crippen LogP contribution in [0.4, 0.5) is 0 Å². The maximum Gasteiger partial charge on any atom is 0.255 e. The number of aromatic nitrogens is 1. The average Bonchev–Trinajstić information content (AvgIpc) is 2.08. The van der Waals surface area contributed by atoms with Gasteiger partial charge in [0.05, 0.1) is 12.5 Å². The van der Waals surface area contributed by atoms with Gasteiger partial charge in [-0.05, 0) is 19.9 Å². The van der Waals surface area contributed by atoms with Crippen molar-refractivity contribution in [2.24, 2.45) is 0 Å². The highest BCUT2D eigenvalue weighted by molar-refractivity contribution is 5.14. The van der Waals surface area contributed by atoms with Crippen molar-refractivity contribution in [2.75, 3.05) is 0 Å². The Bertz CT molecular complexity index is 385. The van der Waals surface area contributed by atoms with Crippen LogP contribution in [0.15, 0.2) is 23.1 Å². The molecule has 1 rings (SSSR count). The van der Waals surface area contributed by atoms with E-state index in [1.165, 1.54) is 0 Å². The summed E-state index contributed by atoms with van der Waals surface area (Å²) in [6.07, 6.45) is 1.93. The van der Waals surface area contributed by atoms with E-state index in [1.54, 1.807) is 22.9 Å². The number of nitrogens with zero attached hydrogens (tertiary/aromatic N) is 2. The predicted molar refractivity (Wildman–Crippen MR) is 50.4 cm³/mol.